The van der Waals surface area contributed by atoms with E-state index in [2.05, 4.69) is 13.7 Å². The van der Waals surface area contributed by atoms with Crippen molar-refractivity contribution >= 4 is 22.9 Å². The first kappa shape index (κ1) is 45.6. The Morgan fingerprint density at radius 1 is 0.556 bits per heavy atom. The molecule has 0 spiro atoms. The topological polar surface area (TPSA) is 96.0 Å². The summed E-state index contributed by atoms with van der Waals surface area (Å²) in [5, 5.41) is 0. The molecule has 0 aliphatic heterocycles. The molecule has 0 N–H and O–H groups in total. The van der Waals surface area contributed by atoms with E-state index in [1.807, 2.05) is 0 Å². The van der Waals surface area contributed by atoms with Gasteiger partial charge in [-0.1, -0.05) is 0 Å². The van der Waals surface area contributed by atoms with Crippen LogP contribution in [0.4, 0.5) is 87.8 Å². The van der Waals surface area contributed by atoms with Crippen molar-refractivity contribution in [1.82, 2.24) is 0 Å². The van der Waals surface area contributed by atoms with Crippen LogP contribution in [-0.4, -0.2) is 91.5 Å². The zero-order valence-corrected chi connectivity index (χ0v) is 23.5. The maximum Gasteiger partial charge on any atom is 1.00 e. The maximum absolute atomic E-state index is 13.6. The molecule has 0 fully saturated rings. The number of alkyl halides is 20. The Morgan fingerprint density at radius 2 is 0.911 bits per heavy atom. The van der Waals surface area contributed by atoms with Gasteiger partial charge in [-0.2, -0.15) is 70.2 Å². The molecule has 0 heterocycles. The Morgan fingerprint density at radius 3 is 1.29 bits per heavy atom. The van der Waals surface area contributed by atoms with E-state index in [0.717, 1.165) is 0 Å². The van der Waals surface area contributed by atoms with E-state index < -0.39 is 109 Å². The van der Waals surface area contributed by atoms with Gasteiger partial charge in [-0.25, -0.2) is 22.4 Å². The van der Waals surface area contributed by atoms with Gasteiger partial charge in [0.15, 0.2) is 13.2 Å². The van der Waals surface area contributed by atoms with Crippen LogP contribution in [0.3, 0.4) is 0 Å². The molecule has 7 nitrogen and oxygen atoms in total. The van der Waals surface area contributed by atoms with Gasteiger partial charge in [0, 0.05) is 0 Å². The third-order valence-electron chi connectivity index (χ3n) is 4.71. The molecule has 0 aromatic rings. The van der Waals surface area contributed by atoms with Crippen LogP contribution in [0.25, 0.3) is 0 Å². The first-order valence-corrected chi connectivity index (χ1v) is 10.9. The molecular formula is C16H9F20NaO7S. The van der Waals surface area contributed by atoms with E-state index in [1.54, 1.807) is 0 Å². The number of carbonyl (C=O) groups excluding carboxylic acids is 2. The second-order valence-corrected chi connectivity index (χ2v) is 8.42. The zero-order valence-electron chi connectivity index (χ0n) is 20.7. The fourth-order valence-electron chi connectivity index (χ4n) is 2.22. The van der Waals surface area contributed by atoms with Crippen molar-refractivity contribution in [3.8, 4) is 0 Å². The van der Waals surface area contributed by atoms with Gasteiger partial charge in [0.1, 0.15) is 6.10 Å². The van der Waals surface area contributed by atoms with E-state index >= 15 is 0 Å². The largest absolute Gasteiger partial charge is 1.00 e. The van der Waals surface area contributed by atoms with Crippen LogP contribution in [0.15, 0.2) is 0 Å². The predicted octanol–water partition coefficient (Wildman–Crippen LogP) is 2.69. The predicted molar refractivity (Wildman–Crippen MR) is 91.7 cm³/mol. The van der Waals surface area contributed by atoms with Gasteiger partial charge in [-0.05, 0) is 0 Å². The number of carbonyl (C=O) groups is 2. The molecule has 0 saturated carbocycles. The van der Waals surface area contributed by atoms with Gasteiger partial charge in [-0.15, -0.1) is 0 Å². The smallest absolute Gasteiger partial charge is 0.459 e. The van der Waals surface area contributed by atoms with Crippen molar-refractivity contribution < 1.29 is 149 Å². The van der Waals surface area contributed by atoms with Crippen LogP contribution < -0.4 is 29.6 Å². The summed E-state index contributed by atoms with van der Waals surface area (Å²) in [6.07, 6.45) is -17.1. The number of halogens is 20. The second-order valence-electron chi connectivity index (χ2n) is 7.82. The summed E-state index contributed by atoms with van der Waals surface area (Å²) >= 11 is 0. The summed E-state index contributed by atoms with van der Waals surface area (Å²) in [5.41, 5.74) is 0. The third-order valence-corrected chi connectivity index (χ3v) is 5.10. The standard InChI is InChI=1S/C16H9F20O7S.Na/c17-7(18)11(25,26)13(29,30)9(21,22)3-42-6(38)4(43-44(39)40)1-5(37)41-2-10(23,24)14(31,32)16(35,36)15(33,34)12(27,28)8(19)20;/h4,7-8H,1-3H2;/q-1;+1. The summed E-state index contributed by atoms with van der Waals surface area (Å²) in [7, 11) is -4.16. The van der Waals surface area contributed by atoms with Crippen LogP contribution in [0, 0.1) is 0 Å². The normalized spacial score (nSPS) is 15.3. The Bertz CT molecular complexity index is 1100. The molecule has 0 aromatic carbocycles. The van der Waals surface area contributed by atoms with Crippen molar-refractivity contribution in [3.63, 3.8) is 0 Å². The number of hydrogen-bond acceptors (Lipinski definition) is 8. The number of ether oxygens (including phenoxy) is 2. The maximum atomic E-state index is 13.6. The van der Waals surface area contributed by atoms with Gasteiger partial charge in [0.25, 0.3) is 0 Å². The summed E-state index contributed by atoms with van der Waals surface area (Å²) < 4.78 is 291. The van der Waals surface area contributed by atoms with Crippen LogP contribution in [-0.2, 0) is 42.6 Å². The van der Waals surface area contributed by atoms with E-state index in [0.29, 0.717) is 0 Å². The van der Waals surface area contributed by atoms with Gasteiger partial charge in [-0.3, -0.25) is 4.79 Å². The van der Waals surface area contributed by atoms with Crippen molar-refractivity contribution in [3.05, 3.63) is 0 Å². The fraction of sp³-hybridized carbons (Fsp3) is 0.875. The minimum absolute atomic E-state index is 0. The van der Waals surface area contributed by atoms with E-state index in [1.165, 1.54) is 0 Å². The van der Waals surface area contributed by atoms with E-state index in [-0.39, 0.29) is 29.6 Å². The summed E-state index contributed by atoms with van der Waals surface area (Å²) in [5.74, 6) is -64.1. The molecule has 0 amide bonds. The van der Waals surface area contributed by atoms with Crippen molar-refractivity contribution in [2.45, 2.75) is 72.8 Å². The first-order chi connectivity index (χ1) is 19.2. The van der Waals surface area contributed by atoms with Crippen LogP contribution in [0.1, 0.15) is 6.42 Å². The average Bonchev–Trinajstić information content (AvgIpc) is 2.84. The van der Waals surface area contributed by atoms with Crippen LogP contribution in [0.2, 0.25) is 0 Å². The number of esters is 2. The molecule has 45 heavy (non-hydrogen) atoms. The van der Waals surface area contributed by atoms with E-state index in [9.17, 15) is 106 Å². The molecule has 262 valence electrons. The molecule has 0 aliphatic rings. The Hall–Kier alpha value is -1.55. The summed E-state index contributed by atoms with van der Waals surface area (Å²) in [6, 6.07) is 0. The second kappa shape index (κ2) is 14.7. The quantitative estimate of drug-likeness (QED) is 0.0979. The van der Waals surface area contributed by atoms with Crippen molar-refractivity contribution in [2.24, 2.45) is 0 Å². The van der Waals surface area contributed by atoms with Crippen molar-refractivity contribution in [2.75, 3.05) is 13.2 Å². The number of rotatable bonds is 17. The summed E-state index contributed by atoms with van der Waals surface area (Å²) in [6.45, 7) is -6.96. The number of hydrogen-bond donors (Lipinski definition) is 0. The fourth-order valence-corrected chi connectivity index (χ4v) is 2.56. The summed E-state index contributed by atoms with van der Waals surface area (Å²) in [4.78, 5) is 23.1. The molecule has 0 radical (unpaired) electrons. The molecule has 1 atom stereocenters. The average molecular weight is 748 g/mol. The van der Waals surface area contributed by atoms with Gasteiger partial charge in [0.05, 0.1) is 17.4 Å². The minimum atomic E-state index is -8.07. The minimum Gasteiger partial charge on any atom is -0.459 e. The molecule has 0 aliphatic carbocycles. The molecular weight excluding hydrogens is 739 g/mol. The molecule has 0 rings (SSSR count). The molecule has 0 bridgehead atoms. The molecule has 0 saturated heterocycles. The molecule has 29 heteroatoms. The van der Waals surface area contributed by atoms with Gasteiger partial charge in [0.2, 0.25) is 0 Å². The Kier molecular flexibility index (Phi) is 14.9. The van der Waals surface area contributed by atoms with E-state index in [4.69, 9.17) is 0 Å². The van der Waals surface area contributed by atoms with Gasteiger partial charge < -0.3 is 22.1 Å². The van der Waals surface area contributed by atoms with Crippen LogP contribution >= 0.6 is 0 Å². The monoisotopic (exact) mass is 748 g/mol. The van der Waals surface area contributed by atoms with Gasteiger partial charge >= 0.3 is 102 Å². The third kappa shape index (κ3) is 8.88. The Labute approximate surface area is 257 Å². The Balaban J connectivity index is 0. The first-order valence-electron chi connectivity index (χ1n) is 9.86. The van der Waals surface area contributed by atoms with Crippen molar-refractivity contribution in [1.29, 1.82) is 0 Å². The molecule has 0 aromatic heterocycles. The zero-order chi connectivity index (χ0) is 35.7. The SMILES string of the molecule is O=C(CC(O[S-](=O)=O)C(=O)OCC(F)(F)C(F)(F)C(F)(F)C(F)F)OCC(F)(F)C(F)(F)C(F)(F)C(F)(F)C(F)(F)C(F)F.[Na+]. The molecule has 1 unspecified atom stereocenters. The van der Waals surface area contributed by atoms with Crippen LogP contribution in [0.5, 0.6) is 0 Å².